The quantitative estimate of drug-likeness (QED) is 0.141. The highest BCUT2D eigenvalue weighted by Gasteiger charge is 2.43. The first-order valence-corrected chi connectivity index (χ1v) is 21.6. The largest absolute Gasteiger partial charge is 0.372 e. The summed E-state index contributed by atoms with van der Waals surface area (Å²) in [6.07, 6.45) is 38.9. The third-order valence-electron chi connectivity index (χ3n) is 14.5. The number of hydrogen-bond donors (Lipinski definition) is 2. The van der Waals surface area contributed by atoms with Crippen LogP contribution in [-0.2, 0) is 0 Å². The van der Waals surface area contributed by atoms with E-state index in [4.69, 9.17) is 0 Å². The Morgan fingerprint density at radius 3 is 2.47 bits per heavy atom. The number of hydrogen-bond acceptors (Lipinski definition) is 3. The Labute approximate surface area is 341 Å². The van der Waals surface area contributed by atoms with E-state index < -0.39 is 0 Å². The van der Waals surface area contributed by atoms with Crippen LogP contribution in [0.15, 0.2) is 192 Å². The molecule has 0 saturated heterocycles. The number of rotatable bonds is 4. The molecule has 0 amide bonds. The molecule has 7 atom stereocenters. The van der Waals surface area contributed by atoms with E-state index in [-0.39, 0.29) is 29.6 Å². The van der Waals surface area contributed by atoms with Crippen molar-refractivity contribution in [3.63, 3.8) is 0 Å². The van der Waals surface area contributed by atoms with E-state index in [1.807, 2.05) is 0 Å². The van der Waals surface area contributed by atoms with Crippen LogP contribution in [0.1, 0.15) is 62.1 Å². The zero-order valence-corrected chi connectivity index (χ0v) is 33.1. The summed E-state index contributed by atoms with van der Waals surface area (Å²) in [5.41, 5.74) is 11.0. The van der Waals surface area contributed by atoms with Crippen LogP contribution in [-0.4, -0.2) is 12.2 Å². The Bertz CT molecular complexity index is 2820. The number of nitrogens with zero attached hydrogens (tertiary/aromatic N) is 1. The van der Waals surface area contributed by atoms with Crippen molar-refractivity contribution in [2.24, 2.45) is 17.3 Å². The number of benzene rings is 5. The molecule has 2 N–H and O–H groups in total. The molecule has 0 fully saturated rings. The molecule has 12 rings (SSSR count). The van der Waals surface area contributed by atoms with Gasteiger partial charge < -0.3 is 10.2 Å². The van der Waals surface area contributed by atoms with Crippen molar-refractivity contribution in [3.05, 3.63) is 204 Å². The summed E-state index contributed by atoms with van der Waals surface area (Å²) < 4.78 is 0. The SMILES string of the molecule is C[C@]1(C2=CC(c3ccc(N4c5c(c6c7ccccc7ccc6c6ccccc56)C5C=CC=CC54)cc3)NC(C3CC=CC4CC=CC=C43)N2)CC=CC2=CCCC=C21. The molecule has 0 bridgehead atoms. The van der Waals surface area contributed by atoms with Crippen LogP contribution in [0.4, 0.5) is 11.4 Å². The second-order valence-corrected chi connectivity index (χ2v) is 17.6. The summed E-state index contributed by atoms with van der Waals surface area (Å²) in [5.74, 6) is 1.13. The molecule has 5 aliphatic carbocycles. The minimum Gasteiger partial charge on any atom is -0.372 e. The Hall–Kier alpha value is -5.90. The highest BCUT2D eigenvalue weighted by atomic mass is 15.2. The third kappa shape index (κ3) is 5.15. The van der Waals surface area contributed by atoms with Crippen molar-refractivity contribution < 1.29 is 0 Å². The smallest absolute Gasteiger partial charge is 0.0842 e. The summed E-state index contributed by atoms with van der Waals surface area (Å²) in [5, 5.41) is 16.3. The lowest BCUT2D eigenvalue weighted by molar-refractivity contribution is 0.273. The predicted molar refractivity (Wildman–Crippen MR) is 243 cm³/mol. The van der Waals surface area contributed by atoms with E-state index >= 15 is 0 Å². The Kier molecular flexibility index (Phi) is 7.85. The van der Waals surface area contributed by atoms with Crippen LogP contribution in [0.25, 0.3) is 32.3 Å². The van der Waals surface area contributed by atoms with Crippen LogP contribution < -0.4 is 15.5 Å². The van der Waals surface area contributed by atoms with Gasteiger partial charge in [-0.1, -0.05) is 157 Å². The third-order valence-corrected chi connectivity index (χ3v) is 14.5. The van der Waals surface area contributed by atoms with E-state index in [2.05, 4.69) is 192 Å². The molecule has 2 aliphatic heterocycles. The predicted octanol–water partition coefficient (Wildman–Crippen LogP) is 13.0. The highest BCUT2D eigenvalue weighted by molar-refractivity contribution is 6.24. The minimum atomic E-state index is -0.104. The maximum Gasteiger partial charge on any atom is 0.0842 e. The van der Waals surface area contributed by atoms with E-state index in [1.165, 1.54) is 71.7 Å². The maximum absolute atomic E-state index is 4.17. The average molecular weight is 752 g/mol. The fourth-order valence-corrected chi connectivity index (χ4v) is 11.7. The van der Waals surface area contributed by atoms with Crippen LogP contribution in [0.5, 0.6) is 0 Å². The first-order valence-electron chi connectivity index (χ1n) is 21.6. The van der Waals surface area contributed by atoms with Gasteiger partial charge in [-0.25, -0.2) is 0 Å². The summed E-state index contributed by atoms with van der Waals surface area (Å²) in [6.45, 7) is 2.47. The molecule has 5 aromatic carbocycles. The second kappa shape index (κ2) is 13.3. The van der Waals surface area contributed by atoms with Crippen LogP contribution in [0, 0.1) is 17.3 Å². The molecule has 3 nitrogen and oxygen atoms in total. The lowest BCUT2D eigenvalue weighted by Crippen LogP contribution is -2.55. The minimum absolute atomic E-state index is 0.0750. The van der Waals surface area contributed by atoms with Gasteiger partial charge in [0.15, 0.2) is 0 Å². The average Bonchev–Trinajstić information content (AvgIpc) is 3.64. The molecule has 0 aromatic heterocycles. The van der Waals surface area contributed by atoms with Gasteiger partial charge in [0.05, 0.1) is 23.9 Å². The Morgan fingerprint density at radius 1 is 0.724 bits per heavy atom. The summed E-state index contributed by atoms with van der Waals surface area (Å²) in [7, 11) is 0. The summed E-state index contributed by atoms with van der Waals surface area (Å²) in [6, 6.07) is 32.5. The zero-order valence-electron chi connectivity index (χ0n) is 33.1. The van der Waals surface area contributed by atoms with Crippen molar-refractivity contribution in [2.75, 3.05) is 4.90 Å². The zero-order chi connectivity index (χ0) is 38.4. The van der Waals surface area contributed by atoms with Crippen LogP contribution in [0.3, 0.4) is 0 Å². The molecular weight excluding hydrogens is 703 g/mol. The molecular formula is C55H49N3. The van der Waals surface area contributed by atoms with Crippen molar-refractivity contribution in [3.8, 4) is 0 Å². The van der Waals surface area contributed by atoms with Gasteiger partial charge in [0, 0.05) is 39.9 Å². The molecule has 7 aliphatic rings. The van der Waals surface area contributed by atoms with Gasteiger partial charge in [0.1, 0.15) is 0 Å². The van der Waals surface area contributed by atoms with Gasteiger partial charge in [-0.05, 0) is 106 Å². The van der Waals surface area contributed by atoms with Gasteiger partial charge in [0.25, 0.3) is 0 Å². The van der Waals surface area contributed by atoms with Gasteiger partial charge >= 0.3 is 0 Å². The second-order valence-electron chi connectivity index (χ2n) is 17.6. The first-order chi connectivity index (χ1) is 28.6. The number of nitrogens with one attached hydrogen (secondary N) is 2. The topological polar surface area (TPSA) is 27.3 Å². The molecule has 5 aromatic rings. The molecule has 0 saturated carbocycles. The van der Waals surface area contributed by atoms with Crippen LogP contribution in [0.2, 0.25) is 0 Å². The lowest BCUT2D eigenvalue weighted by Gasteiger charge is -2.47. The van der Waals surface area contributed by atoms with Gasteiger partial charge in [-0.15, -0.1) is 0 Å². The van der Waals surface area contributed by atoms with E-state index in [0.29, 0.717) is 11.8 Å². The number of allylic oxidation sites excluding steroid dienone is 13. The number of fused-ring (bicyclic) bond motifs is 12. The van der Waals surface area contributed by atoms with Gasteiger partial charge in [-0.2, -0.15) is 0 Å². The fourth-order valence-electron chi connectivity index (χ4n) is 11.7. The molecule has 0 radical (unpaired) electrons. The van der Waals surface area contributed by atoms with Crippen LogP contribution >= 0.6 is 0 Å². The highest BCUT2D eigenvalue weighted by Crippen LogP contribution is 2.55. The normalized spacial score (nSPS) is 29.3. The lowest BCUT2D eigenvalue weighted by atomic mass is 9.67. The Balaban J connectivity index is 0.980. The molecule has 58 heavy (non-hydrogen) atoms. The maximum atomic E-state index is 4.17. The standard InChI is InChI=1S/C55H49N3/c1-55(33-13-18-37-16-4-10-25-47(37)55)50-34-48(56-54(57-50)45-24-12-17-35-14-2-5-19-40(35)45)38-27-30-39(31-28-38)58-49-26-11-9-23-46(49)52-51-41-20-6-3-15-36(41)29-32-43(51)42-21-7-8-22-44(42)53(52)58/h2-3,5-9,11-13,15-23,25-32,34-35,45-46,48-49,54,56-57H,4,10,14,24,33H2,1H3/t35?,45?,46?,48?,49?,54?,55-/m0/s1. The molecule has 284 valence electrons. The summed E-state index contributed by atoms with van der Waals surface area (Å²) >= 11 is 0. The van der Waals surface area contributed by atoms with Crippen molar-refractivity contribution >= 4 is 43.7 Å². The van der Waals surface area contributed by atoms with Crippen molar-refractivity contribution in [2.45, 2.75) is 63.2 Å². The van der Waals surface area contributed by atoms with Crippen molar-refractivity contribution in [1.29, 1.82) is 0 Å². The fraction of sp³-hybridized carbons (Fsp3) is 0.236. The Morgan fingerprint density at radius 2 is 1.55 bits per heavy atom. The molecule has 2 heterocycles. The monoisotopic (exact) mass is 751 g/mol. The molecule has 0 spiro atoms. The van der Waals surface area contributed by atoms with E-state index in [1.54, 1.807) is 5.57 Å². The van der Waals surface area contributed by atoms with E-state index in [9.17, 15) is 0 Å². The summed E-state index contributed by atoms with van der Waals surface area (Å²) in [4.78, 5) is 2.64. The molecule has 6 unspecified atom stereocenters. The van der Waals surface area contributed by atoms with Gasteiger partial charge in [-0.3, -0.25) is 5.32 Å². The number of anilines is 2. The molecule has 3 heteroatoms. The van der Waals surface area contributed by atoms with E-state index in [0.717, 1.165) is 32.1 Å². The first kappa shape index (κ1) is 34.2. The van der Waals surface area contributed by atoms with Gasteiger partial charge in [0.2, 0.25) is 0 Å². The van der Waals surface area contributed by atoms with Crippen molar-refractivity contribution in [1.82, 2.24) is 10.6 Å².